The highest BCUT2D eigenvalue weighted by atomic mass is 35.5. The van der Waals surface area contributed by atoms with Crippen LogP contribution in [0.5, 0.6) is 0 Å². The first kappa shape index (κ1) is 22.1. The molecule has 0 aromatic heterocycles. The van der Waals surface area contributed by atoms with Crippen LogP contribution < -0.4 is 10.0 Å². The van der Waals surface area contributed by atoms with Crippen molar-refractivity contribution in [2.75, 3.05) is 24.9 Å². The molecule has 0 aliphatic carbocycles. The van der Waals surface area contributed by atoms with Gasteiger partial charge < -0.3 is 10.2 Å². The Bertz CT molecular complexity index is 897. The molecule has 2 N–H and O–H groups in total. The minimum Gasteiger partial charge on any atom is -0.339 e. The second kappa shape index (κ2) is 9.36. The maximum atomic E-state index is 13.0. The number of anilines is 1. The molecule has 2 aromatic rings. The van der Waals surface area contributed by atoms with Gasteiger partial charge in [-0.25, -0.2) is 12.8 Å². The van der Waals surface area contributed by atoms with Crippen LogP contribution in [0.15, 0.2) is 53.4 Å². The largest absolute Gasteiger partial charge is 0.339 e. The van der Waals surface area contributed by atoms with E-state index in [2.05, 4.69) is 10.0 Å². The number of hydrogen-bond acceptors (Lipinski definition) is 4. The molecule has 0 spiro atoms. The first-order valence-electron chi connectivity index (χ1n) is 8.74. The van der Waals surface area contributed by atoms with Gasteiger partial charge in [0.05, 0.1) is 4.90 Å². The number of likely N-dealkylation sites (tertiary alicyclic amines) is 1. The third kappa shape index (κ3) is 5.21. The summed E-state index contributed by atoms with van der Waals surface area (Å²) in [5.41, 5.74) is 0.854. The molecule has 0 bridgehead atoms. The maximum absolute atomic E-state index is 13.0. The summed E-state index contributed by atoms with van der Waals surface area (Å²) >= 11 is 0. The van der Waals surface area contributed by atoms with Gasteiger partial charge in [0.15, 0.2) is 0 Å². The van der Waals surface area contributed by atoms with E-state index < -0.39 is 15.8 Å². The monoisotopic (exact) mass is 427 g/mol. The van der Waals surface area contributed by atoms with Gasteiger partial charge in [0, 0.05) is 30.4 Å². The number of carbonyl (C=O) groups is 1. The third-order valence-electron chi connectivity index (χ3n) is 4.70. The lowest BCUT2D eigenvalue weighted by Crippen LogP contribution is -2.43. The molecule has 3 rings (SSSR count). The number of carbonyl (C=O) groups excluding carboxylic acids is 1. The van der Waals surface area contributed by atoms with E-state index in [4.69, 9.17) is 0 Å². The van der Waals surface area contributed by atoms with Crippen LogP contribution in [0.2, 0.25) is 0 Å². The van der Waals surface area contributed by atoms with Crippen LogP contribution in [0.25, 0.3) is 0 Å². The van der Waals surface area contributed by atoms with Crippen molar-refractivity contribution in [2.24, 2.45) is 0 Å². The van der Waals surface area contributed by atoms with Gasteiger partial charge in [-0.1, -0.05) is 0 Å². The van der Waals surface area contributed by atoms with Crippen molar-refractivity contribution in [1.29, 1.82) is 0 Å². The zero-order chi connectivity index (χ0) is 19.4. The summed E-state index contributed by atoms with van der Waals surface area (Å²) in [6, 6.07) is 11.3. The minimum atomic E-state index is -3.81. The Balaban J connectivity index is 0.00000280. The summed E-state index contributed by atoms with van der Waals surface area (Å²) in [4.78, 5) is 14.4. The van der Waals surface area contributed by atoms with Crippen LogP contribution in [-0.4, -0.2) is 45.4 Å². The van der Waals surface area contributed by atoms with Crippen molar-refractivity contribution in [2.45, 2.75) is 23.8 Å². The highest BCUT2D eigenvalue weighted by molar-refractivity contribution is 7.92. The normalized spacial score (nSPS) is 15.0. The Morgan fingerprint density at radius 3 is 2.14 bits per heavy atom. The van der Waals surface area contributed by atoms with Gasteiger partial charge in [-0.05, 0) is 68.4 Å². The predicted molar refractivity (Wildman–Crippen MR) is 109 cm³/mol. The predicted octanol–water partition coefficient (Wildman–Crippen LogP) is 2.87. The molecule has 9 heteroatoms. The van der Waals surface area contributed by atoms with E-state index in [-0.39, 0.29) is 23.2 Å². The lowest BCUT2D eigenvalue weighted by Gasteiger charge is -2.31. The molecule has 0 radical (unpaired) electrons. The van der Waals surface area contributed by atoms with E-state index in [0.717, 1.165) is 25.0 Å². The second-order valence-electron chi connectivity index (χ2n) is 6.49. The average molecular weight is 428 g/mol. The quantitative estimate of drug-likeness (QED) is 0.769. The molecule has 0 atom stereocenters. The number of piperidine rings is 1. The summed E-state index contributed by atoms with van der Waals surface area (Å²) < 4.78 is 40.0. The van der Waals surface area contributed by atoms with E-state index in [1.165, 1.54) is 12.1 Å². The Morgan fingerprint density at radius 1 is 1.04 bits per heavy atom. The molecular weight excluding hydrogens is 405 g/mol. The Hall–Kier alpha value is -2.16. The van der Waals surface area contributed by atoms with Crippen LogP contribution in [0.1, 0.15) is 23.2 Å². The Morgan fingerprint density at radius 2 is 1.61 bits per heavy atom. The third-order valence-corrected chi connectivity index (χ3v) is 6.10. The van der Waals surface area contributed by atoms with E-state index >= 15 is 0 Å². The van der Waals surface area contributed by atoms with Crippen LogP contribution in [0.4, 0.5) is 10.1 Å². The van der Waals surface area contributed by atoms with Gasteiger partial charge in [0.25, 0.3) is 15.9 Å². The van der Waals surface area contributed by atoms with Crippen molar-refractivity contribution >= 4 is 34.0 Å². The average Bonchev–Trinajstić information content (AvgIpc) is 2.68. The van der Waals surface area contributed by atoms with Crippen LogP contribution in [0, 0.1) is 5.82 Å². The molecule has 1 heterocycles. The fourth-order valence-electron chi connectivity index (χ4n) is 3.06. The van der Waals surface area contributed by atoms with Crippen molar-refractivity contribution in [3.63, 3.8) is 0 Å². The topological polar surface area (TPSA) is 78.5 Å². The number of benzene rings is 2. The first-order chi connectivity index (χ1) is 12.9. The molecule has 6 nitrogen and oxygen atoms in total. The second-order valence-corrected chi connectivity index (χ2v) is 8.17. The van der Waals surface area contributed by atoms with Gasteiger partial charge >= 0.3 is 0 Å². The van der Waals surface area contributed by atoms with Crippen LogP contribution >= 0.6 is 12.4 Å². The number of hydrogen-bond donors (Lipinski definition) is 2. The summed E-state index contributed by atoms with van der Waals surface area (Å²) in [6.45, 7) is 1.40. The fourth-order valence-corrected chi connectivity index (χ4v) is 4.12. The fraction of sp³-hybridized carbons (Fsp3) is 0.316. The summed E-state index contributed by atoms with van der Waals surface area (Å²) in [5, 5.41) is 3.22. The Labute approximate surface area is 170 Å². The maximum Gasteiger partial charge on any atom is 0.261 e. The van der Waals surface area contributed by atoms with Crippen LogP contribution in [-0.2, 0) is 10.0 Å². The zero-order valence-electron chi connectivity index (χ0n) is 15.4. The van der Waals surface area contributed by atoms with Crippen molar-refractivity contribution in [3.8, 4) is 0 Å². The van der Waals surface area contributed by atoms with Crippen molar-refractivity contribution in [3.05, 3.63) is 59.9 Å². The number of nitrogens with one attached hydrogen (secondary N) is 2. The van der Waals surface area contributed by atoms with Gasteiger partial charge in [-0.15, -0.1) is 12.4 Å². The molecule has 1 saturated heterocycles. The number of sulfonamides is 1. The molecule has 28 heavy (non-hydrogen) atoms. The minimum absolute atomic E-state index is 0. The highest BCUT2D eigenvalue weighted by Gasteiger charge is 2.23. The summed E-state index contributed by atoms with van der Waals surface area (Å²) in [6.07, 6.45) is 1.83. The van der Waals surface area contributed by atoms with E-state index in [9.17, 15) is 17.6 Å². The molecule has 0 saturated carbocycles. The van der Waals surface area contributed by atoms with Crippen LogP contribution in [0.3, 0.4) is 0 Å². The molecule has 1 aliphatic heterocycles. The molecule has 1 fully saturated rings. The van der Waals surface area contributed by atoms with Gasteiger partial charge in [-0.3, -0.25) is 9.52 Å². The summed E-state index contributed by atoms with van der Waals surface area (Å²) in [7, 11) is -1.89. The van der Waals surface area contributed by atoms with Gasteiger partial charge in [0.2, 0.25) is 0 Å². The highest BCUT2D eigenvalue weighted by Crippen LogP contribution is 2.19. The molecule has 2 aromatic carbocycles. The first-order valence-corrected chi connectivity index (χ1v) is 10.2. The lowest BCUT2D eigenvalue weighted by atomic mass is 10.0. The van der Waals surface area contributed by atoms with Crippen molar-refractivity contribution < 1.29 is 17.6 Å². The SMILES string of the molecule is CNC1CCN(C(=O)c2ccc(NS(=O)(=O)c3ccc(F)cc3)cc2)CC1.Cl. The molecule has 1 amide bonds. The van der Waals surface area contributed by atoms with E-state index in [0.29, 0.717) is 30.4 Å². The number of halogens is 2. The molecular formula is C19H23ClFN3O3S. The van der Waals surface area contributed by atoms with Gasteiger partial charge in [0.1, 0.15) is 5.82 Å². The Kier molecular flexibility index (Phi) is 7.40. The van der Waals surface area contributed by atoms with E-state index in [1.54, 1.807) is 24.3 Å². The number of rotatable bonds is 5. The summed E-state index contributed by atoms with van der Waals surface area (Å²) in [5.74, 6) is -0.562. The zero-order valence-corrected chi connectivity index (χ0v) is 17.0. The molecule has 0 unspecified atom stereocenters. The molecule has 152 valence electrons. The lowest BCUT2D eigenvalue weighted by molar-refractivity contribution is 0.0707. The molecule has 1 aliphatic rings. The van der Waals surface area contributed by atoms with Crippen molar-refractivity contribution in [1.82, 2.24) is 10.2 Å². The standard InChI is InChI=1S/C19H22FN3O3S.ClH/c1-21-16-10-12-23(13-11-16)19(24)14-2-6-17(7-3-14)22-27(25,26)18-8-4-15(20)5-9-18;/h2-9,16,21-22H,10-13H2,1H3;1H. The number of amides is 1. The van der Waals surface area contributed by atoms with E-state index in [1.807, 2.05) is 11.9 Å². The number of nitrogens with zero attached hydrogens (tertiary/aromatic N) is 1. The van der Waals surface area contributed by atoms with Gasteiger partial charge in [-0.2, -0.15) is 0 Å². The smallest absolute Gasteiger partial charge is 0.261 e.